The van der Waals surface area contributed by atoms with Gasteiger partial charge in [0.05, 0.1) is 0 Å². The van der Waals surface area contributed by atoms with E-state index in [1.807, 2.05) is 0 Å². The molecule has 0 saturated heterocycles. The van der Waals surface area contributed by atoms with Gasteiger partial charge in [0.2, 0.25) is 0 Å². The van der Waals surface area contributed by atoms with Gasteiger partial charge in [0.25, 0.3) is 0 Å². The van der Waals surface area contributed by atoms with Crippen LogP contribution in [-0.2, 0) is 6.42 Å². The van der Waals surface area contributed by atoms with Crippen molar-refractivity contribution < 1.29 is 0 Å². The van der Waals surface area contributed by atoms with Crippen molar-refractivity contribution in [2.45, 2.75) is 64.7 Å². The number of hydrogen-bond donors (Lipinski definition) is 0. The minimum Gasteiger partial charge on any atom is -0.0654 e. The summed E-state index contributed by atoms with van der Waals surface area (Å²) in [6.07, 6.45) is 12.3. The zero-order chi connectivity index (χ0) is 17.8. The summed E-state index contributed by atoms with van der Waals surface area (Å²) >= 11 is 0. The largest absolute Gasteiger partial charge is 0.0654 e. The average molecular weight is 343 g/mol. The number of benzene rings is 4. The zero-order valence-electron chi connectivity index (χ0n) is 16.1. The summed E-state index contributed by atoms with van der Waals surface area (Å²) in [6, 6.07) is 20.6. The summed E-state index contributed by atoms with van der Waals surface area (Å²) in [5, 5.41) is 8.49. The lowest BCUT2D eigenvalue weighted by atomic mass is 9.90. The van der Waals surface area contributed by atoms with E-state index in [9.17, 15) is 0 Å². The van der Waals surface area contributed by atoms with Crippen molar-refractivity contribution in [2.24, 2.45) is 0 Å². The molecular formula is C26H30. The molecule has 4 aromatic carbocycles. The molecule has 0 aliphatic heterocycles. The van der Waals surface area contributed by atoms with Gasteiger partial charge in [-0.3, -0.25) is 0 Å². The fourth-order valence-electron chi connectivity index (χ4n) is 4.46. The van der Waals surface area contributed by atoms with Crippen LogP contribution in [-0.4, -0.2) is 0 Å². The molecule has 0 aromatic heterocycles. The van der Waals surface area contributed by atoms with Crippen LogP contribution in [0.1, 0.15) is 63.9 Å². The lowest BCUT2D eigenvalue weighted by Crippen LogP contribution is -1.91. The Morgan fingerprint density at radius 1 is 0.538 bits per heavy atom. The third-order valence-corrected chi connectivity index (χ3v) is 5.92. The minimum atomic E-state index is 1.21. The van der Waals surface area contributed by atoms with Crippen molar-refractivity contribution in [1.29, 1.82) is 0 Å². The van der Waals surface area contributed by atoms with E-state index in [0.717, 1.165) is 0 Å². The molecule has 0 aliphatic rings. The predicted octanol–water partition coefficient (Wildman–Crippen LogP) is 8.27. The van der Waals surface area contributed by atoms with Crippen molar-refractivity contribution in [3.8, 4) is 0 Å². The van der Waals surface area contributed by atoms with Crippen molar-refractivity contribution >= 4 is 32.3 Å². The highest BCUT2D eigenvalue weighted by Gasteiger charge is 2.10. The van der Waals surface area contributed by atoms with E-state index in [4.69, 9.17) is 0 Å². The predicted molar refractivity (Wildman–Crippen MR) is 116 cm³/mol. The molecule has 0 saturated carbocycles. The van der Waals surface area contributed by atoms with Gasteiger partial charge in [0, 0.05) is 0 Å². The standard InChI is InChI=1S/C26H30/c1-2-3-4-5-6-7-8-9-11-20-14-15-23-17-16-21-12-10-13-22-18-19-24(20)26(23)25(21)22/h10,12-19H,2-9,11H2,1H3. The van der Waals surface area contributed by atoms with E-state index in [0.29, 0.717) is 0 Å². The Balaban J connectivity index is 1.49. The third-order valence-electron chi connectivity index (χ3n) is 5.92. The molecule has 0 amide bonds. The highest BCUT2D eigenvalue weighted by Crippen LogP contribution is 2.36. The van der Waals surface area contributed by atoms with Crippen molar-refractivity contribution in [3.05, 3.63) is 60.2 Å². The molecule has 0 radical (unpaired) electrons. The Labute approximate surface area is 157 Å². The van der Waals surface area contributed by atoms with Gasteiger partial charge in [-0.05, 0) is 50.7 Å². The Bertz CT molecular complexity index is 963. The fourth-order valence-corrected chi connectivity index (χ4v) is 4.46. The summed E-state index contributed by atoms with van der Waals surface area (Å²) in [4.78, 5) is 0. The topological polar surface area (TPSA) is 0 Å². The van der Waals surface area contributed by atoms with Gasteiger partial charge in [0.15, 0.2) is 0 Å². The Morgan fingerprint density at radius 2 is 1.12 bits per heavy atom. The molecule has 0 bridgehead atoms. The molecule has 4 aromatic rings. The number of aryl methyl sites for hydroxylation is 1. The third kappa shape index (κ3) is 3.43. The van der Waals surface area contributed by atoms with Gasteiger partial charge >= 0.3 is 0 Å². The Hall–Kier alpha value is -2.08. The lowest BCUT2D eigenvalue weighted by molar-refractivity contribution is 0.576. The molecule has 0 heteroatoms. The van der Waals surface area contributed by atoms with E-state index < -0.39 is 0 Å². The number of unbranched alkanes of at least 4 members (excludes halogenated alkanes) is 7. The van der Waals surface area contributed by atoms with Crippen LogP contribution in [0.25, 0.3) is 32.3 Å². The van der Waals surface area contributed by atoms with Crippen LogP contribution in [0, 0.1) is 0 Å². The summed E-state index contributed by atoms with van der Waals surface area (Å²) in [5.41, 5.74) is 1.53. The second-order valence-corrected chi connectivity index (χ2v) is 7.81. The molecule has 0 fully saturated rings. The minimum absolute atomic E-state index is 1.21. The Morgan fingerprint density at radius 3 is 1.85 bits per heavy atom. The zero-order valence-corrected chi connectivity index (χ0v) is 16.1. The summed E-state index contributed by atoms with van der Waals surface area (Å²) in [6.45, 7) is 2.29. The van der Waals surface area contributed by atoms with Crippen LogP contribution in [0.3, 0.4) is 0 Å². The molecule has 0 N–H and O–H groups in total. The first kappa shape index (κ1) is 17.3. The van der Waals surface area contributed by atoms with Gasteiger partial charge in [0.1, 0.15) is 0 Å². The smallest absolute Gasteiger partial charge is 0.00240 e. The van der Waals surface area contributed by atoms with E-state index in [2.05, 4.69) is 61.5 Å². The van der Waals surface area contributed by atoms with Gasteiger partial charge in [-0.2, -0.15) is 0 Å². The molecular weight excluding hydrogens is 312 g/mol. The van der Waals surface area contributed by atoms with Crippen LogP contribution < -0.4 is 0 Å². The molecule has 4 rings (SSSR count). The SMILES string of the molecule is CCCCCCCCCCc1ccc2ccc3cccc4ccc1c2c34. The second-order valence-electron chi connectivity index (χ2n) is 7.81. The van der Waals surface area contributed by atoms with Crippen LogP contribution in [0.2, 0.25) is 0 Å². The van der Waals surface area contributed by atoms with Crippen LogP contribution in [0.4, 0.5) is 0 Å². The highest BCUT2D eigenvalue weighted by molar-refractivity contribution is 6.23. The molecule has 26 heavy (non-hydrogen) atoms. The second kappa shape index (κ2) is 8.08. The number of hydrogen-bond acceptors (Lipinski definition) is 0. The van der Waals surface area contributed by atoms with Crippen LogP contribution in [0.5, 0.6) is 0 Å². The van der Waals surface area contributed by atoms with E-state index >= 15 is 0 Å². The van der Waals surface area contributed by atoms with Crippen molar-refractivity contribution in [1.82, 2.24) is 0 Å². The fraction of sp³-hybridized carbons (Fsp3) is 0.385. The maximum atomic E-state index is 2.36. The molecule has 0 spiro atoms. The number of rotatable bonds is 9. The van der Waals surface area contributed by atoms with Gasteiger partial charge in [-0.15, -0.1) is 0 Å². The lowest BCUT2D eigenvalue weighted by Gasteiger charge is -2.14. The van der Waals surface area contributed by atoms with Crippen molar-refractivity contribution in [2.75, 3.05) is 0 Å². The highest BCUT2D eigenvalue weighted by atomic mass is 14.1. The Kier molecular flexibility index (Phi) is 5.39. The quantitative estimate of drug-likeness (QED) is 0.212. The maximum Gasteiger partial charge on any atom is -0.00240 e. The van der Waals surface area contributed by atoms with E-state index in [-0.39, 0.29) is 0 Å². The molecule has 0 heterocycles. The molecule has 0 atom stereocenters. The first-order valence-corrected chi connectivity index (χ1v) is 10.5. The summed E-state index contributed by atoms with van der Waals surface area (Å²) < 4.78 is 0. The summed E-state index contributed by atoms with van der Waals surface area (Å²) in [5.74, 6) is 0. The first-order valence-electron chi connectivity index (χ1n) is 10.5. The van der Waals surface area contributed by atoms with Gasteiger partial charge in [-0.1, -0.05) is 106 Å². The molecule has 0 unspecified atom stereocenters. The molecule has 0 aliphatic carbocycles. The van der Waals surface area contributed by atoms with E-state index in [1.165, 1.54) is 95.7 Å². The van der Waals surface area contributed by atoms with Gasteiger partial charge in [-0.25, -0.2) is 0 Å². The van der Waals surface area contributed by atoms with Crippen LogP contribution in [0.15, 0.2) is 54.6 Å². The summed E-state index contributed by atoms with van der Waals surface area (Å²) in [7, 11) is 0. The van der Waals surface area contributed by atoms with E-state index in [1.54, 1.807) is 0 Å². The monoisotopic (exact) mass is 342 g/mol. The van der Waals surface area contributed by atoms with Crippen LogP contribution >= 0.6 is 0 Å². The first-order chi connectivity index (χ1) is 12.9. The molecule has 0 nitrogen and oxygen atoms in total. The van der Waals surface area contributed by atoms with Gasteiger partial charge < -0.3 is 0 Å². The average Bonchev–Trinajstić information content (AvgIpc) is 2.69. The molecule has 134 valence electrons. The normalized spacial score (nSPS) is 11.9. The maximum absolute atomic E-state index is 2.36. The van der Waals surface area contributed by atoms with Crippen molar-refractivity contribution in [3.63, 3.8) is 0 Å².